The Morgan fingerprint density at radius 2 is 2.21 bits per heavy atom. The van der Waals surface area contributed by atoms with E-state index in [-0.39, 0.29) is 5.38 Å². The van der Waals surface area contributed by atoms with E-state index in [0.29, 0.717) is 0 Å². The molecule has 19 heavy (non-hydrogen) atoms. The maximum absolute atomic E-state index is 6.21. The van der Waals surface area contributed by atoms with Crippen LogP contribution in [-0.4, -0.2) is 24.1 Å². The molecule has 0 saturated carbocycles. The molecule has 0 aliphatic carbocycles. The number of rotatable bonds is 4. The summed E-state index contributed by atoms with van der Waals surface area (Å²) in [5.41, 5.74) is 1.76. The summed E-state index contributed by atoms with van der Waals surface area (Å²) >= 11 is 6.21. The number of hydrogen-bond acceptors (Lipinski definition) is 3. The van der Waals surface area contributed by atoms with Gasteiger partial charge < -0.3 is 9.13 Å². The third kappa shape index (κ3) is 2.33. The van der Waals surface area contributed by atoms with Crippen LogP contribution < -0.4 is 0 Å². The molecule has 0 aliphatic heterocycles. The molecule has 0 bridgehead atoms. The summed E-state index contributed by atoms with van der Waals surface area (Å²) in [5, 5.41) is -0.142. The van der Waals surface area contributed by atoms with E-state index >= 15 is 0 Å². The fraction of sp³-hybridized carbons (Fsp3) is 0.308. The molecule has 3 aromatic heterocycles. The normalized spacial score (nSPS) is 12.9. The first-order chi connectivity index (χ1) is 9.25. The van der Waals surface area contributed by atoms with Crippen LogP contribution in [0.3, 0.4) is 0 Å². The second kappa shape index (κ2) is 5.01. The lowest BCUT2D eigenvalue weighted by Gasteiger charge is -2.10. The molecule has 5 nitrogen and oxygen atoms in total. The first-order valence-corrected chi connectivity index (χ1v) is 6.60. The molecule has 0 N–H and O–H groups in total. The first-order valence-electron chi connectivity index (χ1n) is 6.16. The topological polar surface area (TPSA) is 48.5 Å². The van der Waals surface area contributed by atoms with Gasteiger partial charge in [-0.3, -0.25) is 0 Å². The zero-order valence-corrected chi connectivity index (χ0v) is 11.3. The molecule has 1 unspecified atom stereocenters. The number of aryl methyl sites for hydroxylation is 2. The fourth-order valence-electron chi connectivity index (χ4n) is 2.13. The number of pyridine rings is 1. The second-order valence-electron chi connectivity index (χ2n) is 4.38. The molecule has 6 heteroatoms. The van der Waals surface area contributed by atoms with Crippen molar-refractivity contribution in [3.63, 3.8) is 0 Å². The van der Waals surface area contributed by atoms with Crippen molar-refractivity contribution in [2.24, 2.45) is 0 Å². The first kappa shape index (κ1) is 12.2. The van der Waals surface area contributed by atoms with Crippen LogP contribution in [0.1, 0.15) is 18.1 Å². The minimum Gasteiger partial charge on any atom is -0.336 e. The van der Waals surface area contributed by atoms with Gasteiger partial charge in [0.25, 0.3) is 0 Å². The number of hydrogen-bond donors (Lipinski definition) is 0. The third-order valence-electron chi connectivity index (χ3n) is 3.03. The molecule has 1 atom stereocenters. The lowest BCUT2D eigenvalue weighted by molar-refractivity contribution is 0.567. The van der Waals surface area contributed by atoms with Crippen molar-refractivity contribution in [3.05, 3.63) is 42.9 Å². The van der Waals surface area contributed by atoms with Crippen molar-refractivity contribution in [3.8, 4) is 0 Å². The van der Waals surface area contributed by atoms with E-state index < -0.39 is 0 Å². The van der Waals surface area contributed by atoms with Crippen LogP contribution in [0, 0.1) is 0 Å². The van der Waals surface area contributed by atoms with E-state index in [0.717, 1.165) is 30.1 Å². The van der Waals surface area contributed by atoms with Gasteiger partial charge >= 0.3 is 0 Å². The van der Waals surface area contributed by atoms with E-state index in [1.54, 1.807) is 18.7 Å². The van der Waals surface area contributed by atoms with Crippen LogP contribution >= 0.6 is 11.6 Å². The fourth-order valence-corrected chi connectivity index (χ4v) is 2.30. The van der Waals surface area contributed by atoms with Crippen LogP contribution in [-0.2, 0) is 13.1 Å². The summed E-state index contributed by atoms with van der Waals surface area (Å²) in [6, 6.07) is 3.84. The molecule has 0 saturated heterocycles. The molecule has 3 rings (SSSR count). The Kier molecular flexibility index (Phi) is 3.21. The molecule has 3 heterocycles. The van der Waals surface area contributed by atoms with Crippen molar-refractivity contribution < 1.29 is 0 Å². The highest BCUT2D eigenvalue weighted by Gasteiger charge is 2.15. The Bertz CT molecular complexity index is 671. The van der Waals surface area contributed by atoms with Gasteiger partial charge in [0.2, 0.25) is 0 Å². The Balaban J connectivity index is 1.97. The molecule has 98 valence electrons. The summed E-state index contributed by atoms with van der Waals surface area (Å²) in [6.07, 6.45) is 7.29. The van der Waals surface area contributed by atoms with E-state index in [1.165, 1.54) is 0 Å². The quantitative estimate of drug-likeness (QED) is 0.688. The zero-order chi connectivity index (χ0) is 13.2. The van der Waals surface area contributed by atoms with Crippen molar-refractivity contribution in [2.75, 3.05) is 0 Å². The van der Waals surface area contributed by atoms with E-state index in [2.05, 4.69) is 19.5 Å². The van der Waals surface area contributed by atoms with E-state index in [9.17, 15) is 0 Å². The van der Waals surface area contributed by atoms with Crippen LogP contribution in [0.2, 0.25) is 0 Å². The summed E-state index contributed by atoms with van der Waals surface area (Å²) in [7, 11) is 0. The third-order valence-corrected chi connectivity index (χ3v) is 3.23. The predicted molar refractivity (Wildman–Crippen MR) is 74.0 cm³/mol. The summed E-state index contributed by atoms with van der Waals surface area (Å²) in [6.45, 7) is 3.52. The van der Waals surface area contributed by atoms with Crippen LogP contribution in [0.4, 0.5) is 0 Å². The maximum atomic E-state index is 6.21. The lowest BCUT2D eigenvalue weighted by Crippen LogP contribution is -2.10. The Hall–Kier alpha value is -1.88. The van der Waals surface area contributed by atoms with E-state index in [4.69, 9.17) is 11.6 Å². The van der Waals surface area contributed by atoms with Gasteiger partial charge in [0.15, 0.2) is 5.65 Å². The number of alkyl halides is 1. The monoisotopic (exact) mass is 275 g/mol. The Morgan fingerprint density at radius 1 is 1.32 bits per heavy atom. The highest BCUT2D eigenvalue weighted by atomic mass is 35.5. The average Bonchev–Trinajstić information content (AvgIpc) is 3.03. The number of halogens is 1. The van der Waals surface area contributed by atoms with Crippen LogP contribution in [0.15, 0.2) is 37.1 Å². The van der Waals surface area contributed by atoms with Crippen LogP contribution in [0.5, 0.6) is 0 Å². The van der Waals surface area contributed by atoms with Gasteiger partial charge in [-0.2, -0.15) is 0 Å². The number of imidazole rings is 2. The maximum Gasteiger partial charge on any atom is 0.160 e. The molecule has 0 fully saturated rings. The van der Waals surface area contributed by atoms with E-state index in [1.807, 2.05) is 29.8 Å². The average molecular weight is 276 g/mol. The minimum absolute atomic E-state index is 0.142. The van der Waals surface area contributed by atoms with Gasteiger partial charge in [-0.05, 0) is 19.1 Å². The molecule has 3 aromatic rings. The van der Waals surface area contributed by atoms with Crippen LogP contribution in [0.25, 0.3) is 11.2 Å². The molecule has 0 spiro atoms. The largest absolute Gasteiger partial charge is 0.336 e. The molecule has 0 radical (unpaired) electrons. The minimum atomic E-state index is -0.142. The second-order valence-corrected chi connectivity index (χ2v) is 5.04. The standard InChI is InChI=1S/C13H14ClN5/c1-10(14)12-17-11-3-2-4-16-13(11)19(12)8-7-18-6-5-15-9-18/h2-6,9-10H,7-8H2,1H3. The van der Waals surface area contributed by atoms with Gasteiger partial charge in [0.05, 0.1) is 11.7 Å². The predicted octanol–water partition coefficient (Wildman–Crippen LogP) is 2.63. The zero-order valence-electron chi connectivity index (χ0n) is 10.6. The van der Waals surface area contributed by atoms with Gasteiger partial charge in [0.1, 0.15) is 11.3 Å². The Labute approximate surface area is 115 Å². The number of fused-ring (bicyclic) bond motifs is 1. The Morgan fingerprint density at radius 3 is 2.95 bits per heavy atom. The summed E-state index contributed by atoms with van der Waals surface area (Å²) in [5.74, 6) is 0.857. The summed E-state index contributed by atoms with van der Waals surface area (Å²) in [4.78, 5) is 13.0. The highest BCUT2D eigenvalue weighted by molar-refractivity contribution is 6.20. The van der Waals surface area contributed by atoms with Gasteiger partial charge in [-0.1, -0.05) is 0 Å². The highest BCUT2D eigenvalue weighted by Crippen LogP contribution is 2.23. The molecular weight excluding hydrogens is 262 g/mol. The van der Waals surface area contributed by atoms with Crippen molar-refractivity contribution in [1.82, 2.24) is 24.1 Å². The van der Waals surface area contributed by atoms with Gasteiger partial charge in [-0.15, -0.1) is 11.6 Å². The summed E-state index contributed by atoms with van der Waals surface area (Å²) < 4.78 is 4.10. The number of aromatic nitrogens is 5. The molecule has 0 aliphatic rings. The van der Waals surface area contributed by atoms with Crippen molar-refractivity contribution in [1.29, 1.82) is 0 Å². The van der Waals surface area contributed by atoms with Gasteiger partial charge in [-0.25, -0.2) is 15.0 Å². The molecule has 0 amide bonds. The lowest BCUT2D eigenvalue weighted by atomic mass is 10.4. The molecular formula is C13H14ClN5. The van der Waals surface area contributed by atoms with Crippen molar-refractivity contribution >= 4 is 22.8 Å². The van der Waals surface area contributed by atoms with Gasteiger partial charge in [0, 0.05) is 31.7 Å². The SMILES string of the molecule is CC(Cl)c1nc2cccnc2n1CCn1ccnc1. The van der Waals surface area contributed by atoms with Crippen molar-refractivity contribution in [2.45, 2.75) is 25.4 Å². The number of nitrogens with zero attached hydrogens (tertiary/aromatic N) is 5. The smallest absolute Gasteiger partial charge is 0.160 e. The molecule has 0 aromatic carbocycles.